The third-order valence-electron chi connectivity index (χ3n) is 4.85. The summed E-state index contributed by atoms with van der Waals surface area (Å²) >= 11 is 0. The van der Waals surface area contributed by atoms with Gasteiger partial charge in [-0.15, -0.1) is 0 Å². The van der Waals surface area contributed by atoms with Crippen LogP contribution in [-0.4, -0.2) is 51.4 Å². The molecule has 1 atom stereocenters. The molecular formula is C22H25N3O5. The van der Waals surface area contributed by atoms with Crippen LogP contribution in [0.2, 0.25) is 0 Å². The highest BCUT2D eigenvalue weighted by Gasteiger charge is 2.17. The summed E-state index contributed by atoms with van der Waals surface area (Å²) in [5.74, 6) is 2.02. The fraction of sp³-hybridized carbons (Fsp3) is 0.364. The van der Waals surface area contributed by atoms with Crippen molar-refractivity contribution in [2.45, 2.75) is 18.9 Å². The molecule has 1 unspecified atom stereocenters. The number of fused-ring (bicyclic) bond motifs is 1. The minimum absolute atomic E-state index is 0.0655. The van der Waals surface area contributed by atoms with Crippen molar-refractivity contribution in [2.24, 2.45) is 4.99 Å². The fourth-order valence-electron chi connectivity index (χ4n) is 3.29. The van der Waals surface area contributed by atoms with Gasteiger partial charge in [-0.1, -0.05) is 6.07 Å². The molecule has 1 saturated heterocycles. The number of aliphatic imine (C=N–C) groups is 1. The zero-order chi connectivity index (χ0) is 20.8. The predicted molar refractivity (Wildman–Crippen MR) is 113 cm³/mol. The van der Waals surface area contributed by atoms with Crippen molar-refractivity contribution in [1.29, 1.82) is 0 Å². The number of amides is 1. The minimum Gasteiger partial charge on any atom is -0.497 e. The van der Waals surface area contributed by atoms with Gasteiger partial charge in [-0.2, -0.15) is 0 Å². The van der Waals surface area contributed by atoms with Crippen LogP contribution in [0.5, 0.6) is 17.2 Å². The number of carbonyl (C=O) groups is 1. The van der Waals surface area contributed by atoms with Crippen LogP contribution in [0, 0.1) is 0 Å². The molecule has 2 N–H and O–H groups in total. The van der Waals surface area contributed by atoms with E-state index in [-0.39, 0.29) is 12.0 Å². The van der Waals surface area contributed by atoms with Crippen molar-refractivity contribution >= 4 is 17.6 Å². The van der Waals surface area contributed by atoms with Crippen LogP contribution < -0.4 is 24.8 Å². The van der Waals surface area contributed by atoms with E-state index in [1.165, 1.54) is 0 Å². The van der Waals surface area contributed by atoms with Gasteiger partial charge in [0.25, 0.3) is 5.91 Å². The number of hydrogen-bond acceptors (Lipinski definition) is 6. The number of ether oxygens (including phenoxy) is 4. The lowest BCUT2D eigenvalue weighted by atomic mass is 10.2. The molecule has 2 aliphatic rings. The highest BCUT2D eigenvalue weighted by atomic mass is 16.6. The molecule has 0 aliphatic carbocycles. The number of nitrogens with zero attached hydrogens (tertiary/aromatic N) is 1. The van der Waals surface area contributed by atoms with Crippen molar-refractivity contribution in [1.82, 2.24) is 5.32 Å². The SMILES string of the molecule is COc1cccc(C(=O)NC(=NCC2CCCO2)Nc2ccc3c(c2)OCCO3)c1. The summed E-state index contributed by atoms with van der Waals surface area (Å²) in [5.41, 5.74) is 1.21. The Morgan fingerprint density at radius 1 is 1.13 bits per heavy atom. The summed E-state index contributed by atoms with van der Waals surface area (Å²) in [6, 6.07) is 12.5. The van der Waals surface area contributed by atoms with Crippen molar-refractivity contribution in [3.8, 4) is 17.2 Å². The Kier molecular flexibility index (Phi) is 6.34. The second-order valence-corrected chi connectivity index (χ2v) is 6.99. The predicted octanol–water partition coefficient (Wildman–Crippen LogP) is 2.84. The molecule has 0 spiro atoms. The second-order valence-electron chi connectivity index (χ2n) is 6.99. The highest BCUT2D eigenvalue weighted by molar-refractivity contribution is 6.10. The summed E-state index contributed by atoms with van der Waals surface area (Å²) in [4.78, 5) is 17.3. The Balaban J connectivity index is 1.51. The molecule has 158 valence electrons. The summed E-state index contributed by atoms with van der Waals surface area (Å²) in [7, 11) is 1.56. The van der Waals surface area contributed by atoms with Crippen molar-refractivity contribution in [2.75, 3.05) is 38.8 Å². The van der Waals surface area contributed by atoms with Gasteiger partial charge >= 0.3 is 0 Å². The van der Waals surface area contributed by atoms with Crippen LogP contribution in [-0.2, 0) is 4.74 Å². The first-order valence-electron chi connectivity index (χ1n) is 9.99. The van der Waals surface area contributed by atoms with Gasteiger partial charge in [0.1, 0.15) is 19.0 Å². The van der Waals surface area contributed by atoms with Gasteiger partial charge in [-0.25, -0.2) is 4.99 Å². The third kappa shape index (κ3) is 5.01. The lowest BCUT2D eigenvalue weighted by molar-refractivity contribution is 0.0975. The Bertz CT molecular complexity index is 925. The molecule has 1 fully saturated rings. The maximum atomic E-state index is 12.8. The molecule has 8 heteroatoms. The Labute approximate surface area is 175 Å². The number of anilines is 1. The van der Waals surface area contributed by atoms with Crippen molar-refractivity contribution < 1.29 is 23.7 Å². The molecule has 1 amide bonds. The molecule has 0 bridgehead atoms. The summed E-state index contributed by atoms with van der Waals surface area (Å²) in [6.45, 7) is 2.25. The average molecular weight is 411 g/mol. The molecule has 0 saturated carbocycles. The summed E-state index contributed by atoms with van der Waals surface area (Å²) in [5, 5.41) is 6.03. The number of guanidine groups is 1. The molecule has 2 aromatic rings. The van der Waals surface area contributed by atoms with E-state index in [0.29, 0.717) is 48.5 Å². The van der Waals surface area contributed by atoms with Crippen molar-refractivity contribution in [3.05, 3.63) is 48.0 Å². The van der Waals surface area contributed by atoms with E-state index in [2.05, 4.69) is 15.6 Å². The van der Waals surface area contributed by atoms with E-state index < -0.39 is 0 Å². The van der Waals surface area contributed by atoms with Crippen LogP contribution in [0.25, 0.3) is 0 Å². The first-order valence-corrected chi connectivity index (χ1v) is 9.99. The van der Waals surface area contributed by atoms with E-state index in [4.69, 9.17) is 18.9 Å². The van der Waals surface area contributed by atoms with E-state index >= 15 is 0 Å². The number of methoxy groups -OCH3 is 1. The maximum Gasteiger partial charge on any atom is 0.258 e. The zero-order valence-corrected chi connectivity index (χ0v) is 16.8. The normalized spacial score (nSPS) is 18.0. The first kappa shape index (κ1) is 20.0. The molecule has 2 aromatic carbocycles. The van der Waals surface area contributed by atoms with Crippen LogP contribution in [0.4, 0.5) is 5.69 Å². The van der Waals surface area contributed by atoms with Gasteiger partial charge in [0.2, 0.25) is 5.96 Å². The van der Waals surface area contributed by atoms with Crippen LogP contribution >= 0.6 is 0 Å². The molecule has 0 aromatic heterocycles. The van der Waals surface area contributed by atoms with E-state index in [0.717, 1.165) is 25.1 Å². The van der Waals surface area contributed by atoms with Crippen molar-refractivity contribution in [3.63, 3.8) is 0 Å². The van der Waals surface area contributed by atoms with E-state index in [1.807, 2.05) is 18.2 Å². The number of hydrogen-bond donors (Lipinski definition) is 2. The topological polar surface area (TPSA) is 90.4 Å². The van der Waals surface area contributed by atoms with Gasteiger partial charge in [-0.3, -0.25) is 10.1 Å². The highest BCUT2D eigenvalue weighted by Crippen LogP contribution is 2.32. The van der Waals surface area contributed by atoms with Crippen LogP contribution in [0.1, 0.15) is 23.2 Å². The first-order chi connectivity index (χ1) is 14.7. The zero-order valence-electron chi connectivity index (χ0n) is 16.8. The largest absolute Gasteiger partial charge is 0.497 e. The van der Waals surface area contributed by atoms with Crippen LogP contribution in [0.15, 0.2) is 47.5 Å². The number of benzene rings is 2. The van der Waals surface area contributed by atoms with Gasteiger partial charge < -0.3 is 24.3 Å². The quantitative estimate of drug-likeness (QED) is 0.581. The molecule has 0 radical (unpaired) electrons. The molecular weight excluding hydrogens is 386 g/mol. The lowest BCUT2D eigenvalue weighted by Crippen LogP contribution is -2.36. The summed E-state index contributed by atoms with van der Waals surface area (Å²) in [6.07, 6.45) is 2.06. The Morgan fingerprint density at radius 2 is 2.00 bits per heavy atom. The maximum absolute atomic E-state index is 12.8. The van der Waals surface area contributed by atoms with Crippen LogP contribution in [0.3, 0.4) is 0 Å². The second kappa shape index (κ2) is 9.49. The number of rotatable bonds is 5. The molecule has 2 heterocycles. The molecule has 2 aliphatic heterocycles. The lowest BCUT2D eigenvalue weighted by Gasteiger charge is -2.19. The average Bonchev–Trinajstić information content (AvgIpc) is 3.31. The molecule has 4 rings (SSSR count). The fourth-order valence-corrected chi connectivity index (χ4v) is 3.29. The monoisotopic (exact) mass is 411 g/mol. The van der Waals surface area contributed by atoms with Gasteiger partial charge in [-0.05, 0) is 43.2 Å². The summed E-state index contributed by atoms with van der Waals surface area (Å²) < 4.78 is 22.1. The van der Waals surface area contributed by atoms with E-state index in [9.17, 15) is 4.79 Å². The molecule has 8 nitrogen and oxygen atoms in total. The molecule has 30 heavy (non-hydrogen) atoms. The standard InChI is InChI=1S/C22H25N3O5/c1-27-17-5-2-4-15(12-17)21(26)25-22(23-14-18-6-3-9-28-18)24-16-7-8-19-20(13-16)30-11-10-29-19/h2,4-5,7-8,12-13,18H,3,6,9-11,14H2,1H3,(H2,23,24,25,26). The number of nitrogens with one attached hydrogen (secondary N) is 2. The van der Waals surface area contributed by atoms with E-state index in [1.54, 1.807) is 31.4 Å². The van der Waals surface area contributed by atoms with Gasteiger partial charge in [0.05, 0.1) is 19.8 Å². The third-order valence-corrected chi connectivity index (χ3v) is 4.85. The van der Waals surface area contributed by atoms with Gasteiger partial charge in [0.15, 0.2) is 11.5 Å². The Morgan fingerprint density at radius 3 is 2.80 bits per heavy atom. The minimum atomic E-state index is -0.287. The Hall–Kier alpha value is -3.26. The number of carbonyl (C=O) groups excluding carboxylic acids is 1. The van der Waals surface area contributed by atoms with Gasteiger partial charge in [0, 0.05) is 23.9 Å². The smallest absolute Gasteiger partial charge is 0.258 e.